The van der Waals surface area contributed by atoms with E-state index in [-0.39, 0.29) is 12.0 Å². The van der Waals surface area contributed by atoms with Gasteiger partial charge in [-0.05, 0) is 6.42 Å². The van der Waals surface area contributed by atoms with Crippen LogP contribution in [0.5, 0.6) is 0 Å². The predicted molar refractivity (Wildman–Crippen MR) is 48.3 cm³/mol. The van der Waals surface area contributed by atoms with Gasteiger partial charge in [-0.1, -0.05) is 6.92 Å². The molecule has 70 valence electrons. The zero-order valence-electron chi connectivity index (χ0n) is 8.07. The van der Waals surface area contributed by atoms with Crippen molar-refractivity contribution in [1.29, 1.82) is 0 Å². The van der Waals surface area contributed by atoms with E-state index in [9.17, 15) is 4.79 Å². The van der Waals surface area contributed by atoms with Crippen LogP contribution in [0.1, 0.15) is 13.3 Å². The first-order valence-corrected chi connectivity index (χ1v) is 3.89. The standard InChI is InChI=1S/C8H16N2O2/c1-5-7(8(11)12-4)9-6-10(2)3/h6-7H,5H2,1-4H3. The van der Waals surface area contributed by atoms with Gasteiger partial charge in [0.05, 0.1) is 13.4 Å². The molecule has 0 saturated carbocycles. The molecule has 0 aliphatic heterocycles. The van der Waals surface area contributed by atoms with Gasteiger partial charge in [0, 0.05) is 14.1 Å². The van der Waals surface area contributed by atoms with Gasteiger partial charge >= 0.3 is 5.97 Å². The molecule has 0 saturated heterocycles. The van der Waals surface area contributed by atoms with Crippen molar-refractivity contribution in [3.8, 4) is 0 Å². The molecular formula is C8H16N2O2. The molecule has 4 heteroatoms. The van der Waals surface area contributed by atoms with Crippen LogP contribution in [0.3, 0.4) is 0 Å². The first kappa shape index (κ1) is 10.9. The largest absolute Gasteiger partial charge is 0.467 e. The number of rotatable bonds is 4. The number of carbonyl (C=O) groups excluding carboxylic acids is 1. The van der Waals surface area contributed by atoms with E-state index in [1.165, 1.54) is 7.11 Å². The fraction of sp³-hybridized carbons (Fsp3) is 0.750. The summed E-state index contributed by atoms with van der Waals surface area (Å²) in [6.45, 7) is 1.90. The molecule has 0 rings (SSSR count). The Labute approximate surface area is 73.2 Å². The number of aliphatic imine (C=N–C) groups is 1. The lowest BCUT2D eigenvalue weighted by molar-refractivity contribution is -0.142. The van der Waals surface area contributed by atoms with Crippen LogP contribution < -0.4 is 0 Å². The van der Waals surface area contributed by atoms with Crippen LogP contribution in [-0.4, -0.2) is 44.5 Å². The topological polar surface area (TPSA) is 41.9 Å². The minimum Gasteiger partial charge on any atom is -0.467 e. The Bertz CT molecular complexity index is 166. The van der Waals surface area contributed by atoms with Gasteiger partial charge in [0.2, 0.25) is 0 Å². The predicted octanol–water partition coefficient (Wildman–Crippen LogP) is 0.528. The normalized spacial score (nSPS) is 13.0. The molecule has 0 fully saturated rings. The molecule has 0 spiro atoms. The van der Waals surface area contributed by atoms with Crippen molar-refractivity contribution in [3.05, 3.63) is 0 Å². The Morgan fingerprint density at radius 1 is 1.67 bits per heavy atom. The first-order chi connectivity index (χ1) is 5.61. The molecule has 0 amide bonds. The Kier molecular flexibility index (Phi) is 5.08. The van der Waals surface area contributed by atoms with Crippen LogP contribution in [0.15, 0.2) is 4.99 Å². The van der Waals surface area contributed by atoms with Gasteiger partial charge in [-0.15, -0.1) is 0 Å². The minimum absolute atomic E-state index is 0.282. The molecule has 0 aromatic heterocycles. The fourth-order valence-electron chi connectivity index (χ4n) is 0.683. The zero-order valence-corrected chi connectivity index (χ0v) is 8.07. The number of esters is 1. The molecule has 0 radical (unpaired) electrons. The summed E-state index contributed by atoms with van der Waals surface area (Å²) in [5.74, 6) is -0.282. The second-order valence-corrected chi connectivity index (χ2v) is 2.68. The van der Waals surface area contributed by atoms with E-state index in [0.29, 0.717) is 6.42 Å². The lowest BCUT2D eigenvalue weighted by atomic mass is 10.2. The molecule has 0 heterocycles. The van der Waals surface area contributed by atoms with E-state index in [4.69, 9.17) is 0 Å². The van der Waals surface area contributed by atoms with Gasteiger partial charge in [-0.2, -0.15) is 0 Å². The third kappa shape index (κ3) is 3.95. The Morgan fingerprint density at radius 2 is 2.25 bits per heavy atom. The highest BCUT2D eigenvalue weighted by Crippen LogP contribution is 1.98. The van der Waals surface area contributed by atoms with Crippen molar-refractivity contribution in [1.82, 2.24) is 4.90 Å². The quantitative estimate of drug-likeness (QED) is 0.353. The highest BCUT2D eigenvalue weighted by Gasteiger charge is 2.13. The third-order valence-corrected chi connectivity index (χ3v) is 1.34. The fourth-order valence-corrected chi connectivity index (χ4v) is 0.683. The van der Waals surface area contributed by atoms with Crippen molar-refractivity contribution in [2.24, 2.45) is 4.99 Å². The highest BCUT2D eigenvalue weighted by atomic mass is 16.5. The molecule has 1 unspecified atom stereocenters. The summed E-state index contributed by atoms with van der Waals surface area (Å²) >= 11 is 0. The number of carbonyl (C=O) groups is 1. The van der Waals surface area contributed by atoms with Crippen molar-refractivity contribution in [2.75, 3.05) is 21.2 Å². The van der Waals surface area contributed by atoms with Gasteiger partial charge in [0.25, 0.3) is 0 Å². The average molecular weight is 172 g/mol. The molecule has 0 aromatic carbocycles. The van der Waals surface area contributed by atoms with Crippen LogP contribution >= 0.6 is 0 Å². The van der Waals surface area contributed by atoms with Gasteiger partial charge < -0.3 is 9.64 Å². The lowest BCUT2D eigenvalue weighted by Gasteiger charge is -2.08. The minimum atomic E-state index is -0.364. The molecule has 0 bridgehead atoms. The smallest absolute Gasteiger partial charge is 0.330 e. The van der Waals surface area contributed by atoms with Crippen LogP contribution in [-0.2, 0) is 9.53 Å². The molecule has 0 aliphatic carbocycles. The molecule has 4 nitrogen and oxygen atoms in total. The first-order valence-electron chi connectivity index (χ1n) is 3.89. The SMILES string of the molecule is CCC(N=CN(C)C)C(=O)OC. The van der Waals surface area contributed by atoms with Crippen LogP contribution in [0, 0.1) is 0 Å². The van der Waals surface area contributed by atoms with Crippen LogP contribution in [0.25, 0.3) is 0 Å². The van der Waals surface area contributed by atoms with E-state index < -0.39 is 0 Å². The average Bonchev–Trinajstić information content (AvgIpc) is 2.04. The monoisotopic (exact) mass is 172 g/mol. The van der Waals surface area contributed by atoms with Crippen LogP contribution in [0.2, 0.25) is 0 Å². The Morgan fingerprint density at radius 3 is 2.58 bits per heavy atom. The number of ether oxygens (including phenoxy) is 1. The Hall–Kier alpha value is -1.06. The summed E-state index contributed by atoms with van der Waals surface area (Å²) in [5.41, 5.74) is 0. The number of nitrogens with zero attached hydrogens (tertiary/aromatic N) is 2. The van der Waals surface area contributed by atoms with Gasteiger partial charge in [-0.25, -0.2) is 4.79 Å². The third-order valence-electron chi connectivity index (χ3n) is 1.34. The second-order valence-electron chi connectivity index (χ2n) is 2.68. The maximum absolute atomic E-state index is 11.0. The number of hydrogen-bond donors (Lipinski definition) is 0. The van der Waals surface area contributed by atoms with Crippen molar-refractivity contribution < 1.29 is 9.53 Å². The second kappa shape index (κ2) is 5.57. The molecule has 1 atom stereocenters. The molecule has 0 aliphatic rings. The van der Waals surface area contributed by atoms with E-state index in [2.05, 4.69) is 9.73 Å². The van der Waals surface area contributed by atoms with Crippen molar-refractivity contribution >= 4 is 12.3 Å². The lowest BCUT2D eigenvalue weighted by Crippen LogP contribution is -2.21. The van der Waals surface area contributed by atoms with Crippen molar-refractivity contribution in [2.45, 2.75) is 19.4 Å². The summed E-state index contributed by atoms with van der Waals surface area (Å²) in [5, 5.41) is 0. The summed E-state index contributed by atoms with van der Waals surface area (Å²) in [6.07, 6.45) is 2.28. The molecule has 0 aromatic rings. The van der Waals surface area contributed by atoms with E-state index >= 15 is 0 Å². The molecule has 0 N–H and O–H groups in total. The van der Waals surface area contributed by atoms with E-state index in [0.717, 1.165) is 0 Å². The number of hydrogen-bond acceptors (Lipinski definition) is 3. The number of methoxy groups -OCH3 is 1. The zero-order chi connectivity index (χ0) is 9.56. The summed E-state index contributed by atoms with van der Waals surface area (Å²) in [7, 11) is 5.08. The highest BCUT2D eigenvalue weighted by molar-refractivity contribution is 5.77. The van der Waals surface area contributed by atoms with Crippen molar-refractivity contribution in [3.63, 3.8) is 0 Å². The van der Waals surface area contributed by atoms with Gasteiger partial charge in [0.1, 0.15) is 6.04 Å². The maximum Gasteiger partial charge on any atom is 0.330 e. The van der Waals surface area contributed by atoms with Gasteiger partial charge in [0.15, 0.2) is 0 Å². The van der Waals surface area contributed by atoms with Gasteiger partial charge in [-0.3, -0.25) is 4.99 Å². The molecular weight excluding hydrogens is 156 g/mol. The summed E-state index contributed by atoms with van der Waals surface area (Å²) < 4.78 is 4.56. The maximum atomic E-state index is 11.0. The van der Waals surface area contributed by atoms with E-state index in [1.807, 2.05) is 21.0 Å². The summed E-state index contributed by atoms with van der Waals surface area (Å²) in [4.78, 5) is 16.8. The summed E-state index contributed by atoms with van der Waals surface area (Å²) in [6, 6.07) is -0.364. The Balaban J connectivity index is 4.08. The molecule has 12 heavy (non-hydrogen) atoms. The van der Waals surface area contributed by atoms with Crippen LogP contribution in [0.4, 0.5) is 0 Å². The van der Waals surface area contributed by atoms with E-state index in [1.54, 1.807) is 11.2 Å².